The van der Waals surface area contributed by atoms with Gasteiger partial charge >= 0.3 is 0 Å². The van der Waals surface area contributed by atoms with Crippen LogP contribution < -0.4 is 5.32 Å². The Morgan fingerprint density at radius 2 is 2.11 bits per heavy atom. The third kappa shape index (κ3) is 2.67. The second-order valence-corrected chi connectivity index (χ2v) is 7.26. The van der Waals surface area contributed by atoms with Gasteiger partial charge in [-0.25, -0.2) is 4.98 Å². The molecule has 0 bridgehead atoms. The molecule has 1 N–H and O–H groups in total. The number of fused-ring (bicyclic) bond motifs is 1. The Morgan fingerprint density at radius 3 is 2.79 bits per heavy atom. The van der Waals surface area contributed by atoms with Crippen LogP contribution in [0, 0.1) is 0 Å². The lowest BCUT2D eigenvalue weighted by Crippen LogP contribution is -2.09. The summed E-state index contributed by atoms with van der Waals surface area (Å²) in [6.45, 7) is 0. The van der Waals surface area contributed by atoms with Gasteiger partial charge in [0, 0.05) is 4.47 Å². The van der Waals surface area contributed by atoms with E-state index in [0.717, 1.165) is 14.7 Å². The van der Waals surface area contributed by atoms with Crippen molar-refractivity contribution < 1.29 is 4.79 Å². The normalized spacial score (nSPS) is 10.8. The summed E-state index contributed by atoms with van der Waals surface area (Å²) in [6.07, 6.45) is 0. The standard InChI is InChI=1S/C12H6BrClN2OS2/c13-6-2-1-3-7-10(6)15-12(19-7)16-11(17)8-4-5-9(14)18-8/h1-5H,(H,15,16,17). The molecular weight excluding hydrogens is 368 g/mol. The highest BCUT2D eigenvalue weighted by Crippen LogP contribution is 2.31. The van der Waals surface area contributed by atoms with E-state index in [1.54, 1.807) is 12.1 Å². The first kappa shape index (κ1) is 13.1. The molecule has 2 aromatic heterocycles. The van der Waals surface area contributed by atoms with E-state index >= 15 is 0 Å². The predicted molar refractivity (Wildman–Crippen MR) is 84.6 cm³/mol. The minimum atomic E-state index is -0.188. The van der Waals surface area contributed by atoms with E-state index in [-0.39, 0.29) is 5.91 Å². The Balaban J connectivity index is 1.89. The number of anilines is 1. The smallest absolute Gasteiger partial charge is 0.267 e. The highest BCUT2D eigenvalue weighted by atomic mass is 79.9. The number of hydrogen-bond acceptors (Lipinski definition) is 4. The Hall–Kier alpha value is -0.950. The molecule has 96 valence electrons. The average molecular weight is 374 g/mol. The van der Waals surface area contributed by atoms with E-state index in [1.165, 1.54) is 22.7 Å². The van der Waals surface area contributed by atoms with Crippen LogP contribution in [0.25, 0.3) is 10.2 Å². The van der Waals surface area contributed by atoms with Gasteiger partial charge in [-0.3, -0.25) is 10.1 Å². The van der Waals surface area contributed by atoms with Crippen molar-refractivity contribution in [3.8, 4) is 0 Å². The van der Waals surface area contributed by atoms with Crippen LogP contribution in [-0.4, -0.2) is 10.9 Å². The molecule has 0 fully saturated rings. The number of thiazole rings is 1. The van der Waals surface area contributed by atoms with E-state index in [0.29, 0.717) is 14.3 Å². The molecule has 0 aliphatic heterocycles. The first-order valence-electron chi connectivity index (χ1n) is 5.25. The van der Waals surface area contributed by atoms with Gasteiger partial charge in [-0.05, 0) is 40.2 Å². The maximum absolute atomic E-state index is 12.0. The number of para-hydroxylation sites is 1. The number of amides is 1. The summed E-state index contributed by atoms with van der Waals surface area (Å²) in [5, 5.41) is 3.37. The summed E-state index contributed by atoms with van der Waals surface area (Å²) in [5.74, 6) is -0.188. The summed E-state index contributed by atoms with van der Waals surface area (Å²) in [6, 6.07) is 9.24. The summed E-state index contributed by atoms with van der Waals surface area (Å²) in [4.78, 5) is 17.0. The monoisotopic (exact) mass is 372 g/mol. The van der Waals surface area contributed by atoms with Crippen LogP contribution in [0.3, 0.4) is 0 Å². The molecule has 0 aliphatic carbocycles. The van der Waals surface area contributed by atoms with Crippen LogP contribution >= 0.6 is 50.2 Å². The van der Waals surface area contributed by atoms with Crippen LogP contribution in [0.15, 0.2) is 34.8 Å². The van der Waals surface area contributed by atoms with Gasteiger partial charge in [0.15, 0.2) is 5.13 Å². The Morgan fingerprint density at radius 1 is 1.26 bits per heavy atom. The van der Waals surface area contributed by atoms with Crippen molar-refractivity contribution in [2.45, 2.75) is 0 Å². The van der Waals surface area contributed by atoms with Gasteiger partial charge in [0.2, 0.25) is 0 Å². The number of carbonyl (C=O) groups excluding carboxylic acids is 1. The third-order valence-electron chi connectivity index (χ3n) is 2.39. The zero-order chi connectivity index (χ0) is 13.4. The maximum atomic E-state index is 12.0. The number of aromatic nitrogens is 1. The van der Waals surface area contributed by atoms with Crippen molar-refractivity contribution in [2.75, 3.05) is 5.32 Å². The van der Waals surface area contributed by atoms with E-state index < -0.39 is 0 Å². The van der Waals surface area contributed by atoms with Crippen LogP contribution in [0.4, 0.5) is 5.13 Å². The highest BCUT2D eigenvalue weighted by Gasteiger charge is 2.12. The predicted octanol–water partition coefficient (Wildman–Crippen LogP) is 5.03. The van der Waals surface area contributed by atoms with Gasteiger partial charge in [-0.2, -0.15) is 0 Å². The van der Waals surface area contributed by atoms with Crippen molar-refractivity contribution in [3.63, 3.8) is 0 Å². The largest absolute Gasteiger partial charge is 0.297 e. The van der Waals surface area contributed by atoms with E-state index in [9.17, 15) is 4.79 Å². The second kappa shape index (κ2) is 5.20. The third-order valence-corrected chi connectivity index (χ3v) is 5.19. The molecule has 2 heterocycles. The van der Waals surface area contributed by atoms with E-state index in [4.69, 9.17) is 11.6 Å². The number of nitrogens with one attached hydrogen (secondary N) is 1. The number of benzene rings is 1. The molecule has 0 atom stereocenters. The fourth-order valence-corrected chi connectivity index (χ4v) is 3.98. The minimum absolute atomic E-state index is 0.188. The van der Waals surface area contributed by atoms with Crippen molar-refractivity contribution in [1.29, 1.82) is 0 Å². The number of hydrogen-bond donors (Lipinski definition) is 1. The maximum Gasteiger partial charge on any atom is 0.267 e. The van der Waals surface area contributed by atoms with E-state index in [2.05, 4.69) is 26.2 Å². The van der Waals surface area contributed by atoms with Crippen molar-refractivity contribution in [1.82, 2.24) is 4.98 Å². The molecule has 0 unspecified atom stereocenters. The van der Waals surface area contributed by atoms with Gasteiger partial charge in [-0.1, -0.05) is 29.0 Å². The number of halogens is 2. The van der Waals surface area contributed by atoms with Gasteiger partial charge in [-0.15, -0.1) is 11.3 Å². The van der Waals surface area contributed by atoms with Crippen LogP contribution in [0.2, 0.25) is 4.34 Å². The molecule has 7 heteroatoms. The fraction of sp³-hybridized carbons (Fsp3) is 0. The van der Waals surface area contributed by atoms with Gasteiger partial charge < -0.3 is 0 Å². The summed E-state index contributed by atoms with van der Waals surface area (Å²) in [7, 11) is 0. The van der Waals surface area contributed by atoms with Crippen molar-refractivity contribution in [2.24, 2.45) is 0 Å². The quantitative estimate of drug-likeness (QED) is 0.685. The molecule has 1 aromatic carbocycles. The molecule has 19 heavy (non-hydrogen) atoms. The zero-order valence-electron chi connectivity index (χ0n) is 9.31. The van der Waals surface area contributed by atoms with Crippen LogP contribution in [-0.2, 0) is 0 Å². The topological polar surface area (TPSA) is 42.0 Å². The first-order chi connectivity index (χ1) is 9.13. The SMILES string of the molecule is O=C(Nc1nc2c(Br)cccc2s1)c1ccc(Cl)s1. The Bertz CT molecular complexity index is 768. The summed E-state index contributed by atoms with van der Waals surface area (Å²) < 4.78 is 2.53. The molecule has 0 spiro atoms. The average Bonchev–Trinajstić information content (AvgIpc) is 2.96. The lowest BCUT2D eigenvalue weighted by molar-refractivity contribution is 0.103. The summed E-state index contributed by atoms with van der Waals surface area (Å²) in [5.41, 5.74) is 0.854. The molecule has 3 aromatic rings. The van der Waals surface area contributed by atoms with Crippen LogP contribution in [0.1, 0.15) is 9.67 Å². The minimum Gasteiger partial charge on any atom is -0.297 e. The number of nitrogens with zero attached hydrogens (tertiary/aromatic N) is 1. The lowest BCUT2D eigenvalue weighted by atomic mass is 10.3. The van der Waals surface area contributed by atoms with Gasteiger partial charge in [0.05, 0.1) is 19.4 Å². The fourth-order valence-electron chi connectivity index (χ4n) is 1.56. The lowest BCUT2D eigenvalue weighted by Gasteiger charge is -1.97. The van der Waals surface area contributed by atoms with Gasteiger partial charge in [0.1, 0.15) is 0 Å². The zero-order valence-corrected chi connectivity index (χ0v) is 13.3. The molecule has 3 rings (SSSR count). The Labute approximate surface area is 130 Å². The molecular formula is C12H6BrClN2OS2. The van der Waals surface area contributed by atoms with Crippen molar-refractivity contribution in [3.05, 3.63) is 44.0 Å². The highest BCUT2D eigenvalue weighted by molar-refractivity contribution is 9.10. The molecule has 1 amide bonds. The second-order valence-electron chi connectivity index (χ2n) is 3.66. The number of thiophene rings is 1. The van der Waals surface area contributed by atoms with E-state index in [1.807, 2.05) is 18.2 Å². The summed E-state index contributed by atoms with van der Waals surface area (Å²) >= 11 is 11.9. The molecule has 3 nitrogen and oxygen atoms in total. The number of carbonyl (C=O) groups is 1. The molecule has 0 saturated carbocycles. The van der Waals surface area contributed by atoms with Gasteiger partial charge in [0.25, 0.3) is 5.91 Å². The van der Waals surface area contributed by atoms with Crippen LogP contribution in [0.5, 0.6) is 0 Å². The molecule has 0 radical (unpaired) electrons. The molecule has 0 saturated heterocycles. The molecule has 0 aliphatic rings. The first-order valence-corrected chi connectivity index (χ1v) is 8.05. The Kier molecular flexibility index (Phi) is 3.58. The number of rotatable bonds is 2. The van der Waals surface area contributed by atoms with Crippen molar-refractivity contribution >= 4 is 71.5 Å².